The number of amides is 1. The molecule has 1 fully saturated rings. The molecule has 7 heteroatoms. The van der Waals surface area contributed by atoms with Gasteiger partial charge in [0.15, 0.2) is 16.7 Å². The molecule has 1 heterocycles. The maximum atomic E-state index is 13.1. The number of aliphatic imine (C=N–C) groups is 1. The number of amidine groups is 1. The van der Waals surface area contributed by atoms with Gasteiger partial charge in [0.2, 0.25) is 0 Å². The highest BCUT2D eigenvalue weighted by Crippen LogP contribution is 2.38. The third kappa shape index (κ3) is 5.18. The SMILES string of the molecule is CCCCN1C(=O)/C(=C\c2cc(Cl)c(O)c(OCC)c2)SC1=Nc1ccc(C)cc1. The number of ether oxygens (including phenoxy) is 1. The van der Waals surface area contributed by atoms with Gasteiger partial charge in [0.25, 0.3) is 5.91 Å². The maximum Gasteiger partial charge on any atom is 0.266 e. The van der Waals surface area contributed by atoms with Gasteiger partial charge in [-0.1, -0.05) is 42.6 Å². The number of aromatic hydroxyl groups is 1. The average Bonchev–Trinajstić information content (AvgIpc) is 3.00. The Labute approximate surface area is 186 Å². The standard InChI is InChI=1S/C23H25ClN2O3S/c1-4-6-11-26-22(28)20(30-23(26)25-17-9-7-15(3)8-10-17)14-16-12-18(24)21(27)19(13-16)29-5-2/h7-10,12-14,27H,4-6,11H2,1-3H3/b20-14+,25-23?. The van der Waals surface area contributed by atoms with E-state index in [0.29, 0.717) is 34.5 Å². The molecule has 1 N–H and O–H groups in total. The van der Waals surface area contributed by atoms with Crippen LogP contribution < -0.4 is 4.74 Å². The van der Waals surface area contributed by atoms with Crippen LogP contribution in [0.25, 0.3) is 6.08 Å². The summed E-state index contributed by atoms with van der Waals surface area (Å²) >= 11 is 7.48. The first-order valence-electron chi connectivity index (χ1n) is 9.95. The van der Waals surface area contributed by atoms with Crippen LogP contribution in [-0.2, 0) is 4.79 Å². The quantitative estimate of drug-likeness (QED) is 0.519. The van der Waals surface area contributed by atoms with Crippen LogP contribution >= 0.6 is 23.4 Å². The molecule has 0 aromatic heterocycles. The van der Waals surface area contributed by atoms with Crippen LogP contribution in [0.15, 0.2) is 46.3 Å². The van der Waals surface area contributed by atoms with Crippen molar-refractivity contribution in [3.8, 4) is 11.5 Å². The number of rotatable bonds is 7. The first-order valence-corrected chi connectivity index (χ1v) is 11.1. The van der Waals surface area contributed by atoms with Gasteiger partial charge in [-0.15, -0.1) is 0 Å². The van der Waals surface area contributed by atoms with E-state index in [4.69, 9.17) is 21.3 Å². The van der Waals surface area contributed by atoms with Crippen molar-refractivity contribution in [1.29, 1.82) is 0 Å². The van der Waals surface area contributed by atoms with Gasteiger partial charge in [0.1, 0.15) is 0 Å². The second-order valence-corrected chi connectivity index (χ2v) is 8.35. The number of hydrogen-bond acceptors (Lipinski definition) is 5. The minimum Gasteiger partial charge on any atom is -0.503 e. The van der Waals surface area contributed by atoms with Crippen molar-refractivity contribution in [1.82, 2.24) is 4.90 Å². The topological polar surface area (TPSA) is 62.1 Å². The van der Waals surface area contributed by atoms with E-state index in [9.17, 15) is 9.90 Å². The number of phenolic OH excluding ortho intramolecular Hbond substituents is 1. The summed E-state index contributed by atoms with van der Waals surface area (Å²) < 4.78 is 5.44. The van der Waals surface area contributed by atoms with Crippen molar-refractivity contribution in [2.45, 2.75) is 33.6 Å². The maximum absolute atomic E-state index is 13.1. The average molecular weight is 445 g/mol. The minimum absolute atomic E-state index is 0.0820. The summed E-state index contributed by atoms with van der Waals surface area (Å²) in [5.74, 6) is 0.113. The summed E-state index contributed by atoms with van der Waals surface area (Å²) in [5.41, 5.74) is 2.65. The smallest absolute Gasteiger partial charge is 0.266 e. The van der Waals surface area contributed by atoms with Gasteiger partial charge in [-0.25, -0.2) is 4.99 Å². The summed E-state index contributed by atoms with van der Waals surface area (Å²) in [6.45, 7) is 6.96. The number of carbonyl (C=O) groups is 1. The molecule has 1 aliphatic heterocycles. The fraction of sp³-hybridized carbons (Fsp3) is 0.304. The highest BCUT2D eigenvalue weighted by Gasteiger charge is 2.33. The Morgan fingerprint density at radius 3 is 2.63 bits per heavy atom. The van der Waals surface area contributed by atoms with Gasteiger partial charge in [-0.05, 0) is 67.9 Å². The Morgan fingerprint density at radius 2 is 1.97 bits per heavy atom. The molecule has 0 radical (unpaired) electrons. The number of hydrogen-bond donors (Lipinski definition) is 1. The number of halogens is 1. The summed E-state index contributed by atoms with van der Waals surface area (Å²) in [5, 5.41) is 10.9. The first kappa shape index (κ1) is 22.2. The van der Waals surface area contributed by atoms with Crippen LogP contribution in [0.5, 0.6) is 11.5 Å². The van der Waals surface area contributed by atoms with E-state index >= 15 is 0 Å². The number of thioether (sulfide) groups is 1. The number of carbonyl (C=O) groups excluding carboxylic acids is 1. The van der Waals surface area contributed by atoms with Gasteiger partial charge in [-0.2, -0.15) is 0 Å². The van der Waals surface area contributed by atoms with E-state index in [0.717, 1.165) is 24.1 Å². The molecule has 5 nitrogen and oxygen atoms in total. The fourth-order valence-corrected chi connectivity index (χ4v) is 4.17. The first-order chi connectivity index (χ1) is 14.4. The third-order valence-corrected chi connectivity index (χ3v) is 5.83. The molecule has 0 unspecified atom stereocenters. The number of nitrogens with zero attached hydrogens (tertiary/aromatic N) is 2. The van der Waals surface area contributed by atoms with Crippen LogP contribution in [0.2, 0.25) is 5.02 Å². The van der Waals surface area contributed by atoms with Crippen molar-refractivity contribution in [2.75, 3.05) is 13.2 Å². The molecule has 2 aromatic rings. The predicted molar refractivity (Wildman–Crippen MR) is 125 cm³/mol. The van der Waals surface area contributed by atoms with Crippen LogP contribution in [0.4, 0.5) is 5.69 Å². The lowest BCUT2D eigenvalue weighted by Gasteiger charge is -2.14. The van der Waals surface area contributed by atoms with Gasteiger partial charge in [0.05, 0.1) is 22.2 Å². The molecule has 3 rings (SSSR count). The molecule has 1 amide bonds. The van der Waals surface area contributed by atoms with Gasteiger partial charge >= 0.3 is 0 Å². The fourth-order valence-electron chi connectivity index (χ4n) is 2.93. The highest BCUT2D eigenvalue weighted by atomic mass is 35.5. The van der Waals surface area contributed by atoms with Crippen molar-refractivity contribution < 1.29 is 14.6 Å². The number of aryl methyl sites for hydroxylation is 1. The van der Waals surface area contributed by atoms with E-state index in [1.807, 2.05) is 38.1 Å². The summed E-state index contributed by atoms with van der Waals surface area (Å²) in [6.07, 6.45) is 3.64. The molecule has 1 aliphatic rings. The molecule has 0 atom stereocenters. The zero-order valence-corrected chi connectivity index (χ0v) is 18.9. The lowest BCUT2D eigenvalue weighted by molar-refractivity contribution is -0.122. The number of unbranched alkanes of at least 4 members (excludes halogenated alkanes) is 1. The largest absolute Gasteiger partial charge is 0.503 e. The molecule has 0 saturated carbocycles. The Kier molecular flexibility index (Phi) is 7.45. The molecular formula is C23H25ClN2O3S. The second-order valence-electron chi connectivity index (χ2n) is 6.93. The molecule has 1 saturated heterocycles. The van der Waals surface area contributed by atoms with Gasteiger partial charge in [0, 0.05) is 6.54 Å². The molecule has 30 heavy (non-hydrogen) atoms. The molecule has 2 aromatic carbocycles. The van der Waals surface area contributed by atoms with Crippen LogP contribution in [0.3, 0.4) is 0 Å². The van der Waals surface area contributed by atoms with E-state index < -0.39 is 0 Å². The Hall–Kier alpha value is -2.44. The van der Waals surface area contributed by atoms with E-state index in [1.165, 1.54) is 11.8 Å². The monoisotopic (exact) mass is 444 g/mol. The molecule has 158 valence electrons. The molecule has 0 spiro atoms. The molecule has 0 aliphatic carbocycles. The van der Waals surface area contributed by atoms with Gasteiger partial charge < -0.3 is 9.84 Å². The van der Waals surface area contributed by atoms with E-state index in [-0.39, 0.29) is 16.7 Å². The van der Waals surface area contributed by atoms with Crippen LogP contribution in [0, 0.1) is 6.92 Å². The zero-order chi connectivity index (χ0) is 21.7. The normalized spacial score (nSPS) is 16.7. The Morgan fingerprint density at radius 1 is 1.23 bits per heavy atom. The van der Waals surface area contributed by atoms with E-state index in [2.05, 4.69) is 6.92 Å². The summed E-state index contributed by atoms with van der Waals surface area (Å²) in [7, 11) is 0. The van der Waals surface area contributed by atoms with Crippen molar-refractivity contribution in [3.05, 3.63) is 57.5 Å². The van der Waals surface area contributed by atoms with Crippen molar-refractivity contribution in [2.24, 2.45) is 4.99 Å². The molecule has 0 bridgehead atoms. The predicted octanol–water partition coefficient (Wildman–Crippen LogP) is 6.16. The minimum atomic E-state index is -0.0998. The lowest BCUT2D eigenvalue weighted by Crippen LogP contribution is -2.30. The second kappa shape index (κ2) is 10.0. The van der Waals surface area contributed by atoms with Crippen molar-refractivity contribution in [3.63, 3.8) is 0 Å². The van der Waals surface area contributed by atoms with Crippen molar-refractivity contribution >= 4 is 46.2 Å². The van der Waals surface area contributed by atoms with Gasteiger partial charge in [-0.3, -0.25) is 9.69 Å². The summed E-state index contributed by atoms with van der Waals surface area (Å²) in [6, 6.07) is 11.2. The Balaban J connectivity index is 1.96. The van der Waals surface area contributed by atoms with Crippen LogP contribution in [0.1, 0.15) is 37.8 Å². The highest BCUT2D eigenvalue weighted by molar-refractivity contribution is 8.18. The Bertz CT molecular complexity index is 987. The lowest BCUT2D eigenvalue weighted by atomic mass is 10.1. The number of benzene rings is 2. The third-order valence-electron chi connectivity index (χ3n) is 4.53. The number of phenols is 1. The zero-order valence-electron chi connectivity index (χ0n) is 17.3. The summed E-state index contributed by atoms with van der Waals surface area (Å²) in [4.78, 5) is 20.1. The van der Waals surface area contributed by atoms with E-state index in [1.54, 1.807) is 23.1 Å². The van der Waals surface area contributed by atoms with Crippen LogP contribution in [-0.4, -0.2) is 34.2 Å². The molecular weight excluding hydrogens is 420 g/mol.